The van der Waals surface area contributed by atoms with E-state index >= 15 is 0 Å². The lowest BCUT2D eigenvalue weighted by molar-refractivity contribution is -0.129. The topological polar surface area (TPSA) is 37.4 Å². The van der Waals surface area contributed by atoms with Gasteiger partial charge in [0.2, 0.25) is 5.91 Å². The molecule has 0 aromatic carbocycles. The van der Waals surface area contributed by atoms with E-state index in [-0.39, 0.29) is 18.8 Å². The number of carbonyl (C=O) groups is 2. The van der Waals surface area contributed by atoms with Crippen molar-refractivity contribution >= 4 is 20.0 Å². The van der Waals surface area contributed by atoms with E-state index in [2.05, 4.69) is 0 Å². The van der Waals surface area contributed by atoms with Gasteiger partial charge in [-0.3, -0.25) is 4.79 Å². The number of likely N-dealkylation sites (N-methyl/N-ethyl adjacent to an activating group) is 1. The molecule has 0 fully saturated rings. The summed E-state index contributed by atoms with van der Waals surface area (Å²) >= 11 is 0. The molecule has 9 heavy (non-hydrogen) atoms. The molecular weight excluding hydrogens is 117 g/mol. The Morgan fingerprint density at radius 2 is 2.33 bits per heavy atom. The molecule has 2 radical (unpaired) electrons. The number of nitrogens with zero attached hydrogens (tertiary/aromatic N) is 1. The van der Waals surface area contributed by atoms with Gasteiger partial charge in [-0.05, 0) is 6.32 Å². The lowest BCUT2D eigenvalue weighted by Gasteiger charge is -2.10. The van der Waals surface area contributed by atoms with Gasteiger partial charge in [0.15, 0.2) is 0 Å². The van der Waals surface area contributed by atoms with Crippen molar-refractivity contribution in [3.8, 4) is 0 Å². The summed E-state index contributed by atoms with van der Waals surface area (Å²) in [5.74, 6) is -0.220. The van der Waals surface area contributed by atoms with Crippen molar-refractivity contribution < 1.29 is 9.59 Å². The summed E-state index contributed by atoms with van der Waals surface area (Å²) in [6, 6.07) is 0. The molecule has 0 rings (SSSR count). The normalized spacial score (nSPS) is 8.56. The largest absolute Gasteiger partial charge is 0.339 e. The number of carbonyl (C=O) groups excluding carboxylic acids is 2. The fourth-order valence-corrected chi connectivity index (χ4v) is 0.369. The van der Waals surface area contributed by atoms with Crippen LogP contribution in [0.4, 0.5) is 0 Å². The first-order valence-corrected chi connectivity index (χ1v) is 2.60. The fourth-order valence-electron chi connectivity index (χ4n) is 0.369. The van der Waals surface area contributed by atoms with E-state index in [1.165, 1.54) is 11.9 Å². The van der Waals surface area contributed by atoms with E-state index in [9.17, 15) is 9.59 Å². The molecule has 48 valence electrons. The molecule has 0 spiro atoms. The highest BCUT2D eigenvalue weighted by atomic mass is 16.2. The molecule has 0 bridgehead atoms. The van der Waals surface area contributed by atoms with Crippen molar-refractivity contribution in [2.75, 3.05) is 13.6 Å². The quantitative estimate of drug-likeness (QED) is 0.366. The molecule has 1 amide bonds. The number of hydrogen-bond acceptors (Lipinski definition) is 2. The molecule has 3 nitrogen and oxygen atoms in total. The summed E-state index contributed by atoms with van der Waals surface area (Å²) in [6.07, 6.45) is 0.623. The minimum absolute atomic E-state index is 0.0374. The van der Waals surface area contributed by atoms with Crippen LogP contribution in [0, 0.1) is 0 Å². The third kappa shape index (κ3) is 2.90. The highest BCUT2D eigenvalue weighted by molar-refractivity contribution is 6.19. The third-order valence-electron chi connectivity index (χ3n) is 0.949. The molecule has 0 unspecified atom stereocenters. The Kier molecular flexibility index (Phi) is 3.76. The van der Waals surface area contributed by atoms with Gasteiger partial charge >= 0.3 is 0 Å². The van der Waals surface area contributed by atoms with Gasteiger partial charge in [0.05, 0.1) is 14.4 Å². The van der Waals surface area contributed by atoms with Gasteiger partial charge in [-0.15, -0.1) is 0 Å². The second-order valence-corrected chi connectivity index (χ2v) is 1.65. The second kappa shape index (κ2) is 4.12. The number of amides is 1. The Labute approximate surface area is 55.4 Å². The maximum Gasteiger partial charge on any atom is 0.214 e. The second-order valence-electron chi connectivity index (χ2n) is 1.65. The smallest absolute Gasteiger partial charge is 0.214 e. The van der Waals surface area contributed by atoms with Crippen LogP contribution in [-0.2, 0) is 9.59 Å². The monoisotopic (exact) mass is 125 g/mol. The van der Waals surface area contributed by atoms with Crippen molar-refractivity contribution in [3.63, 3.8) is 0 Å². The van der Waals surface area contributed by atoms with Crippen LogP contribution in [0.15, 0.2) is 0 Å². The Hall–Kier alpha value is -0.795. The maximum atomic E-state index is 10.5. The Morgan fingerprint density at radius 1 is 1.78 bits per heavy atom. The third-order valence-corrected chi connectivity index (χ3v) is 0.949. The Bertz CT molecular complexity index is 116. The maximum absolute atomic E-state index is 10.5. The molecule has 0 aromatic rings. The van der Waals surface area contributed by atoms with E-state index in [4.69, 9.17) is 7.85 Å². The lowest BCUT2D eigenvalue weighted by Crippen LogP contribution is -2.27. The summed E-state index contributed by atoms with van der Waals surface area (Å²) in [7, 11) is 6.53. The van der Waals surface area contributed by atoms with Gasteiger partial charge in [-0.1, -0.05) is 0 Å². The van der Waals surface area contributed by atoms with Gasteiger partial charge in [0.1, 0.15) is 6.29 Å². The van der Waals surface area contributed by atoms with Crippen LogP contribution in [0.1, 0.15) is 0 Å². The van der Waals surface area contributed by atoms with Gasteiger partial charge in [-0.2, -0.15) is 0 Å². The SMILES string of the molecule is [B]CC(=O)N(C)CC=O. The zero-order valence-electron chi connectivity index (χ0n) is 5.33. The van der Waals surface area contributed by atoms with E-state index < -0.39 is 0 Å². The summed E-state index contributed by atoms with van der Waals surface area (Å²) in [6.45, 7) is 0.121. The first-order valence-electron chi connectivity index (χ1n) is 2.60. The van der Waals surface area contributed by atoms with Crippen LogP contribution >= 0.6 is 0 Å². The number of rotatable bonds is 3. The highest BCUT2D eigenvalue weighted by Gasteiger charge is 2.01. The van der Waals surface area contributed by atoms with Crippen LogP contribution in [0.3, 0.4) is 0 Å². The number of aldehydes is 1. The van der Waals surface area contributed by atoms with Crippen LogP contribution in [-0.4, -0.2) is 38.5 Å². The molecule has 0 aliphatic rings. The minimum atomic E-state index is -0.220. The predicted molar refractivity (Wildman–Crippen MR) is 34.3 cm³/mol. The average Bonchev–Trinajstić information content (AvgIpc) is 1.87. The van der Waals surface area contributed by atoms with E-state index in [0.29, 0.717) is 6.29 Å². The molecule has 4 heteroatoms. The Morgan fingerprint density at radius 3 is 2.67 bits per heavy atom. The fraction of sp³-hybridized carbons (Fsp3) is 0.600. The highest BCUT2D eigenvalue weighted by Crippen LogP contribution is 1.84. The van der Waals surface area contributed by atoms with E-state index in [1.807, 2.05) is 0 Å². The van der Waals surface area contributed by atoms with Crippen molar-refractivity contribution in [1.82, 2.24) is 4.90 Å². The van der Waals surface area contributed by atoms with Gasteiger partial charge in [-0.25, -0.2) is 0 Å². The first kappa shape index (κ1) is 8.20. The zero-order chi connectivity index (χ0) is 7.28. The molecule has 0 aliphatic heterocycles. The summed E-state index contributed by atoms with van der Waals surface area (Å²) in [4.78, 5) is 21.6. The van der Waals surface area contributed by atoms with Crippen LogP contribution in [0.25, 0.3) is 0 Å². The first-order chi connectivity index (χ1) is 4.22. The van der Waals surface area contributed by atoms with E-state index in [0.717, 1.165) is 0 Å². The summed E-state index contributed by atoms with van der Waals surface area (Å²) in [5.41, 5.74) is 0. The molecule has 0 heterocycles. The molecule has 0 N–H and O–H groups in total. The summed E-state index contributed by atoms with van der Waals surface area (Å²) in [5, 5.41) is 0. The summed E-state index contributed by atoms with van der Waals surface area (Å²) < 4.78 is 0. The van der Waals surface area contributed by atoms with Crippen molar-refractivity contribution in [2.24, 2.45) is 0 Å². The standard InChI is InChI=1S/C5H8BNO2/c1-7(2-3-8)5(9)4-6/h3H,2,4H2,1H3. The minimum Gasteiger partial charge on any atom is -0.339 e. The molecule has 0 saturated heterocycles. The predicted octanol–water partition coefficient (Wildman–Crippen LogP) is -0.770. The van der Waals surface area contributed by atoms with Gasteiger partial charge in [0.25, 0.3) is 0 Å². The average molecular weight is 125 g/mol. The van der Waals surface area contributed by atoms with E-state index in [1.54, 1.807) is 0 Å². The van der Waals surface area contributed by atoms with Crippen LogP contribution in [0.2, 0.25) is 6.32 Å². The molecular formula is C5H8BNO2. The molecule has 0 atom stereocenters. The van der Waals surface area contributed by atoms with Crippen LogP contribution in [0.5, 0.6) is 0 Å². The lowest BCUT2D eigenvalue weighted by atomic mass is 10.0. The molecule has 0 aromatic heterocycles. The van der Waals surface area contributed by atoms with Gasteiger partial charge < -0.3 is 9.69 Å². The number of hydrogen-bond donors (Lipinski definition) is 0. The Balaban J connectivity index is 3.58. The van der Waals surface area contributed by atoms with Gasteiger partial charge in [0, 0.05) is 7.05 Å². The zero-order valence-corrected chi connectivity index (χ0v) is 5.33. The molecule has 0 saturated carbocycles. The van der Waals surface area contributed by atoms with Crippen LogP contribution < -0.4 is 0 Å². The van der Waals surface area contributed by atoms with Crippen molar-refractivity contribution in [2.45, 2.75) is 6.32 Å². The van der Waals surface area contributed by atoms with Crippen molar-refractivity contribution in [3.05, 3.63) is 0 Å². The van der Waals surface area contributed by atoms with Crippen molar-refractivity contribution in [1.29, 1.82) is 0 Å². The molecule has 0 aliphatic carbocycles.